The molecule has 11 unspecified atom stereocenters. The molecule has 8 nitrogen and oxygen atoms in total. The van der Waals surface area contributed by atoms with E-state index in [2.05, 4.69) is 0 Å². The minimum Gasteiger partial charge on any atom is -0.393 e. The molecule has 4 aliphatic rings. The van der Waals surface area contributed by atoms with Crippen molar-refractivity contribution in [3.63, 3.8) is 0 Å². The maximum atomic E-state index is 12.9. The summed E-state index contributed by atoms with van der Waals surface area (Å²) in [4.78, 5) is 12.9. The molecular weight excluding hydrogens is 404 g/mol. The maximum Gasteiger partial charge on any atom is 0.193 e. The summed E-state index contributed by atoms with van der Waals surface area (Å²) < 4.78 is 0. The fourth-order valence-corrected chi connectivity index (χ4v) is 7.44. The molecule has 4 rings (SSSR count). The number of ketones is 1. The van der Waals surface area contributed by atoms with Crippen molar-refractivity contribution < 1.29 is 40.5 Å². The molecule has 11 atom stereocenters. The van der Waals surface area contributed by atoms with Crippen LogP contribution in [0.5, 0.6) is 0 Å². The van der Waals surface area contributed by atoms with Gasteiger partial charge in [-0.3, -0.25) is 4.79 Å². The minimum atomic E-state index is -2.65. The first-order chi connectivity index (χ1) is 13.1. The lowest BCUT2D eigenvalue weighted by Crippen LogP contribution is -2.67. The van der Waals surface area contributed by atoms with E-state index in [1.807, 2.05) is 0 Å². The number of hydrogen-bond donors (Lipinski definition) is 7. The Morgan fingerprint density at radius 2 is 1.69 bits per heavy atom. The van der Waals surface area contributed by atoms with Gasteiger partial charge in [0.15, 0.2) is 11.4 Å². The molecule has 0 saturated heterocycles. The van der Waals surface area contributed by atoms with E-state index in [1.54, 1.807) is 13.8 Å². The van der Waals surface area contributed by atoms with Gasteiger partial charge in [-0.2, -0.15) is 0 Å². The summed E-state index contributed by atoms with van der Waals surface area (Å²) >= 11 is 6.60. The zero-order valence-electron chi connectivity index (χ0n) is 16.7. The van der Waals surface area contributed by atoms with Crippen LogP contribution in [0.2, 0.25) is 0 Å². The lowest BCUT2D eigenvalue weighted by Gasteiger charge is -2.53. The van der Waals surface area contributed by atoms with E-state index in [-0.39, 0.29) is 5.57 Å². The highest BCUT2D eigenvalue weighted by Gasteiger charge is 2.87. The highest BCUT2D eigenvalue weighted by atomic mass is 35.5. The van der Waals surface area contributed by atoms with E-state index < -0.39 is 81.5 Å². The van der Waals surface area contributed by atoms with E-state index in [1.165, 1.54) is 19.9 Å². The molecule has 0 heterocycles. The molecule has 0 spiro atoms. The molecular formula is C20H29ClO8. The van der Waals surface area contributed by atoms with Crippen molar-refractivity contribution in [1.82, 2.24) is 0 Å². The topological polar surface area (TPSA) is 159 Å². The SMILES string of the molecule is CC1=CC2C(O)(C1=O)C(O)C(O)(CO)C(Cl)C1C3C(C)(C)C3(O)C(O)C(C)C12O. The zero-order chi connectivity index (χ0) is 22.1. The van der Waals surface area contributed by atoms with Crippen LogP contribution in [0.15, 0.2) is 11.6 Å². The fourth-order valence-electron chi connectivity index (χ4n) is 6.91. The number of aliphatic hydroxyl groups is 7. The first-order valence-corrected chi connectivity index (χ1v) is 10.3. The normalized spacial score (nSPS) is 60.6. The van der Waals surface area contributed by atoms with E-state index >= 15 is 0 Å². The molecule has 0 aromatic rings. The predicted molar refractivity (Wildman–Crippen MR) is 101 cm³/mol. The standard InChI is InChI=1S/C20H29ClO8/c1-7-5-9-18(27)8(2)14(24)20(29)11(16(20,3)4)10(18)12(21)17(26,6-22)15(25)19(9,28)13(7)23/h5,8-12,14-15,22,24-29H,6H2,1-4H3. The molecule has 0 aromatic heterocycles. The van der Waals surface area contributed by atoms with Crippen LogP contribution in [-0.2, 0) is 4.79 Å². The number of halogens is 1. The van der Waals surface area contributed by atoms with Crippen LogP contribution < -0.4 is 0 Å². The molecule has 9 heteroatoms. The summed E-state index contributed by atoms with van der Waals surface area (Å²) in [6, 6.07) is 0. The molecule has 29 heavy (non-hydrogen) atoms. The summed E-state index contributed by atoms with van der Waals surface area (Å²) in [5.74, 6) is -5.34. The quantitative estimate of drug-likeness (QED) is 0.242. The predicted octanol–water partition coefficient (Wildman–Crippen LogP) is -1.69. The van der Waals surface area contributed by atoms with Gasteiger partial charge in [0.1, 0.15) is 17.3 Å². The summed E-state index contributed by atoms with van der Waals surface area (Å²) in [5, 5.41) is 76.2. The average Bonchev–Trinajstić information content (AvgIpc) is 3.02. The van der Waals surface area contributed by atoms with Crippen LogP contribution in [0.25, 0.3) is 0 Å². The summed E-state index contributed by atoms with van der Waals surface area (Å²) in [6.45, 7) is 5.19. The van der Waals surface area contributed by atoms with Gasteiger partial charge in [-0.1, -0.05) is 26.8 Å². The second-order valence-corrected chi connectivity index (χ2v) is 10.6. The van der Waals surface area contributed by atoms with Gasteiger partial charge in [0.05, 0.1) is 23.7 Å². The Hall–Kier alpha value is -0.580. The molecule has 7 N–H and O–H groups in total. The van der Waals surface area contributed by atoms with Crippen LogP contribution in [0.4, 0.5) is 0 Å². The summed E-state index contributed by atoms with van der Waals surface area (Å²) in [7, 11) is 0. The van der Waals surface area contributed by atoms with Crippen LogP contribution in [0, 0.1) is 29.1 Å². The molecule has 3 fully saturated rings. The van der Waals surface area contributed by atoms with Crippen molar-refractivity contribution in [3.05, 3.63) is 11.6 Å². The largest absolute Gasteiger partial charge is 0.393 e. The minimum absolute atomic E-state index is 0.0784. The van der Waals surface area contributed by atoms with E-state index in [9.17, 15) is 40.5 Å². The second kappa shape index (κ2) is 5.61. The number of fused-ring (bicyclic) bond motifs is 5. The van der Waals surface area contributed by atoms with Crippen LogP contribution in [0.3, 0.4) is 0 Å². The first-order valence-electron chi connectivity index (χ1n) is 9.84. The van der Waals surface area contributed by atoms with Gasteiger partial charge < -0.3 is 35.7 Å². The number of rotatable bonds is 1. The first kappa shape index (κ1) is 21.6. The summed E-state index contributed by atoms with van der Waals surface area (Å²) in [5.41, 5.74) is -9.70. The molecule has 0 amide bonds. The molecule has 4 aliphatic carbocycles. The number of alkyl halides is 1. The van der Waals surface area contributed by atoms with Crippen LogP contribution >= 0.6 is 11.6 Å². The number of aliphatic hydroxyl groups excluding tert-OH is 3. The second-order valence-electron chi connectivity index (χ2n) is 10.1. The van der Waals surface area contributed by atoms with Gasteiger partial charge >= 0.3 is 0 Å². The smallest absolute Gasteiger partial charge is 0.193 e. The van der Waals surface area contributed by atoms with E-state index in [0.717, 1.165) is 0 Å². The number of Topliss-reactive ketones (excluding diaryl/α,β-unsaturated/α-hetero) is 1. The van der Waals surface area contributed by atoms with Crippen molar-refractivity contribution in [2.75, 3.05) is 6.61 Å². The van der Waals surface area contributed by atoms with Crippen molar-refractivity contribution in [1.29, 1.82) is 0 Å². The fraction of sp³-hybridized carbons (Fsp3) is 0.850. The van der Waals surface area contributed by atoms with Crippen LogP contribution in [-0.4, -0.2) is 88.1 Å². The molecule has 164 valence electrons. The number of carbonyl (C=O) groups is 1. The highest BCUT2D eigenvalue weighted by molar-refractivity contribution is 6.22. The van der Waals surface area contributed by atoms with Gasteiger partial charge in [0, 0.05) is 29.1 Å². The van der Waals surface area contributed by atoms with E-state index in [4.69, 9.17) is 11.6 Å². The van der Waals surface area contributed by atoms with Gasteiger partial charge in [0.2, 0.25) is 0 Å². The maximum absolute atomic E-state index is 12.9. The Kier molecular flexibility index (Phi) is 4.19. The lowest BCUT2D eigenvalue weighted by atomic mass is 9.58. The number of hydrogen-bond acceptors (Lipinski definition) is 8. The Balaban J connectivity index is 2.04. The van der Waals surface area contributed by atoms with Crippen molar-refractivity contribution in [2.45, 2.75) is 67.7 Å². The Morgan fingerprint density at radius 3 is 2.21 bits per heavy atom. The summed E-state index contributed by atoms with van der Waals surface area (Å²) in [6.07, 6.45) is -2.28. The third-order valence-electron chi connectivity index (χ3n) is 8.79. The molecule has 0 bridgehead atoms. The van der Waals surface area contributed by atoms with Crippen molar-refractivity contribution in [3.8, 4) is 0 Å². The third-order valence-corrected chi connectivity index (χ3v) is 9.44. The molecule has 3 saturated carbocycles. The Labute approximate surface area is 173 Å². The highest BCUT2D eigenvalue weighted by Crippen LogP contribution is 2.76. The average molecular weight is 433 g/mol. The van der Waals surface area contributed by atoms with Gasteiger partial charge in [-0.05, 0) is 12.5 Å². The molecule has 0 radical (unpaired) electrons. The van der Waals surface area contributed by atoms with Crippen molar-refractivity contribution >= 4 is 17.4 Å². The van der Waals surface area contributed by atoms with E-state index in [0.29, 0.717) is 0 Å². The van der Waals surface area contributed by atoms with Crippen molar-refractivity contribution in [2.24, 2.45) is 29.1 Å². The zero-order valence-corrected chi connectivity index (χ0v) is 17.5. The van der Waals surface area contributed by atoms with Gasteiger partial charge in [-0.25, -0.2) is 0 Å². The Morgan fingerprint density at radius 1 is 1.14 bits per heavy atom. The molecule has 0 aromatic carbocycles. The van der Waals surface area contributed by atoms with Gasteiger partial charge in [-0.15, -0.1) is 11.6 Å². The molecule has 0 aliphatic heterocycles. The van der Waals surface area contributed by atoms with Crippen LogP contribution in [0.1, 0.15) is 27.7 Å². The van der Waals surface area contributed by atoms with Gasteiger partial charge in [0.25, 0.3) is 0 Å². The monoisotopic (exact) mass is 432 g/mol. The lowest BCUT2D eigenvalue weighted by molar-refractivity contribution is -0.223. The Bertz CT molecular complexity index is 814. The third kappa shape index (κ3) is 1.95. The number of carbonyl (C=O) groups excluding carboxylic acids is 1.